The lowest BCUT2D eigenvalue weighted by Crippen LogP contribution is -2.24. The van der Waals surface area contributed by atoms with Crippen LogP contribution in [0.4, 0.5) is 0 Å². The van der Waals surface area contributed by atoms with E-state index in [1.165, 1.54) is 0 Å². The lowest BCUT2D eigenvalue weighted by atomic mass is 10.4. The maximum Gasteiger partial charge on any atom is 0.0591 e. The van der Waals surface area contributed by atoms with Crippen LogP contribution in [0, 0.1) is 0 Å². The summed E-state index contributed by atoms with van der Waals surface area (Å²) in [4.78, 5) is 0. The summed E-state index contributed by atoms with van der Waals surface area (Å²) >= 11 is 0. The lowest BCUT2D eigenvalue weighted by molar-refractivity contribution is 0.123. The molecule has 0 aromatic rings. The van der Waals surface area contributed by atoms with Crippen molar-refractivity contribution in [2.45, 2.75) is 19.8 Å². The van der Waals surface area contributed by atoms with Gasteiger partial charge in [-0.15, -0.1) is 6.58 Å². The van der Waals surface area contributed by atoms with Gasteiger partial charge in [0.15, 0.2) is 0 Å². The molecule has 3 nitrogen and oxygen atoms in total. The molecule has 0 rings (SSSR count). The quantitative estimate of drug-likeness (QED) is 0.407. The summed E-state index contributed by atoms with van der Waals surface area (Å²) < 4.78 is 10.6. The van der Waals surface area contributed by atoms with Crippen LogP contribution < -0.4 is 5.32 Å². The predicted molar refractivity (Wildman–Crippen MR) is 59.6 cm³/mol. The van der Waals surface area contributed by atoms with Crippen molar-refractivity contribution in [2.75, 3.05) is 39.5 Å². The second-order valence-corrected chi connectivity index (χ2v) is 3.05. The SMILES string of the molecule is C=CCCOCCNCCOCCC. The number of nitrogens with one attached hydrogen (secondary N) is 1. The molecule has 3 heteroatoms. The zero-order valence-corrected chi connectivity index (χ0v) is 9.26. The van der Waals surface area contributed by atoms with Gasteiger partial charge in [-0.25, -0.2) is 0 Å². The Kier molecular flexibility index (Phi) is 12.3. The van der Waals surface area contributed by atoms with Gasteiger partial charge in [-0.3, -0.25) is 0 Å². The fourth-order valence-electron chi connectivity index (χ4n) is 0.929. The monoisotopic (exact) mass is 201 g/mol. The van der Waals surface area contributed by atoms with Crippen LogP contribution in [0.2, 0.25) is 0 Å². The van der Waals surface area contributed by atoms with Gasteiger partial charge in [0.1, 0.15) is 0 Å². The Morgan fingerprint density at radius 2 is 1.71 bits per heavy atom. The van der Waals surface area contributed by atoms with Crippen molar-refractivity contribution in [3.8, 4) is 0 Å². The molecule has 0 aliphatic rings. The van der Waals surface area contributed by atoms with Crippen molar-refractivity contribution in [3.05, 3.63) is 12.7 Å². The smallest absolute Gasteiger partial charge is 0.0591 e. The van der Waals surface area contributed by atoms with Gasteiger partial charge in [-0.1, -0.05) is 13.0 Å². The van der Waals surface area contributed by atoms with Crippen LogP contribution in [-0.4, -0.2) is 39.5 Å². The molecule has 0 aliphatic carbocycles. The van der Waals surface area contributed by atoms with Crippen LogP contribution in [-0.2, 0) is 9.47 Å². The van der Waals surface area contributed by atoms with Crippen molar-refractivity contribution in [2.24, 2.45) is 0 Å². The Morgan fingerprint density at radius 3 is 2.29 bits per heavy atom. The molecule has 0 unspecified atom stereocenters. The van der Waals surface area contributed by atoms with Gasteiger partial charge < -0.3 is 14.8 Å². The molecule has 0 amide bonds. The van der Waals surface area contributed by atoms with Crippen molar-refractivity contribution >= 4 is 0 Å². The molecule has 0 radical (unpaired) electrons. The van der Waals surface area contributed by atoms with Gasteiger partial charge in [0.2, 0.25) is 0 Å². The third-order valence-corrected chi connectivity index (χ3v) is 1.66. The number of hydrogen-bond donors (Lipinski definition) is 1. The molecule has 0 aromatic carbocycles. The maximum atomic E-state index is 5.33. The largest absolute Gasteiger partial charge is 0.380 e. The fraction of sp³-hybridized carbons (Fsp3) is 0.818. The van der Waals surface area contributed by atoms with E-state index >= 15 is 0 Å². The van der Waals surface area contributed by atoms with Gasteiger partial charge in [-0.2, -0.15) is 0 Å². The Morgan fingerprint density at radius 1 is 1.07 bits per heavy atom. The van der Waals surface area contributed by atoms with Crippen LogP contribution in [0.15, 0.2) is 12.7 Å². The lowest BCUT2D eigenvalue weighted by Gasteiger charge is -2.05. The van der Waals surface area contributed by atoms with E-state index in [9.17, 15) is 0 Å². The van der Waals surface area contributed by atoms with Gasteiger partial charge in [-0.05, 0) is 12.8 Å². The van der Waals surface area contributed by atoms with Gasteiger partial charge in [0, 0.05) is 19.7 Å². The molecule has 0 aromatic heterocycles. The van der Waals surface area contributed by atoms with E-state index in [1.807, 2.05) is 6.08 Å². The van der Waals surface area contributed by atoms with Crippen LogP contribution in [0.1, 0.15) is 19.8 Å². The molecule has 0 saturated carbocycles. The summed E-state index contributed by atoms with van der Waals surface area (Å²) in [5.74, 6) is 0. The standard InChI is InChI=1S/C11H23NO2/c1-3-5-9-14-11-7-12-6-10-13-8-4-2/h3,12H,1,4-11H2,2H3. The molecule has 0 spiro atoms. The molecular weight excluding hydrogens is 178 g/mol. The molecule has 0 heterocycles. The third kappa shape index (κ3) is 11.6. The van der Waals surface area contributed by atoms with Gasteiger partial charge in [0.05, 0.1) is 19.8 Å². The van der Waals surface area contributed by atoms with E-state index in [0.717, 1.165) is 52.4 Å². The fourth-order valence-corrected chi connectivity index (χ4v) is 0.929. The normalized spacial score (nSPS) is 10.4. The second-order valence-electron chi connectivity index (χ2n) is 3.05. The van der Waals surface area contributed by atoms with Gasteiger partial charge >= 0.3 is 0 Å². The summed E-state index contributed by atoms with van der Waals surface area (Å²) in [6.45, 7) is 10.7. The minimum atomic E-state index is 0.765. The molecule has 1 N–H and O–H groups in total. The zero-order valence-electron chi connectivity index (χ0n) is 9.26. The minimum Gasteiger partial charge on any atom is -0.380 e. The topological polar surface area (TPSA) is 30.5 Å². The van der Waals surface area contributed by atoms with Crippen molar-refractivity contribution < 1.29 is 9.47 Å². The Balaban J connectivity index is 2.81. The summed E-state index contributed by atoms with van der Waals surface area (Å²) in [5.41, 5.74) is 0. The number of ether oxygens (including phenoxy) is 2. The Hall–Kier alpha value is -0.380. The van der Waals surface area contributed by atoms with E-state index in [0.29, 0.717) is 0 Å². The Bertz CT molecular complexity index is 118. The van der Waals surface area contributed by atoms with Gasteiger partial charge in [0.25, 0.3) is 0 Å². The average molecular weight is 201 g/mol. The number of rotatable bonds is 11. The van der Waals surface area contributed by atoms with E-state index in [-0.39, 0.29) is 0 Å². The highest BCUT2D eigenvalue weighted by molar-refractivity contribution is 4.64. The molecule has 0 saturated heterocycles. The first kappa shape index (κ1) is 13.6. The summed E-state index contributed by atoms with van der Waals surface area (Å²) in [7, 11) is 0. The average Bonchev–Trinajstić information content (AvgIpc) is 2.21. The third-order valence-electron chi connectivity index (χ3n) is 1.66. The molecule has 14 heavy (non-hydrogen) atoms. The van der Waals surface area contributed by atoms with Crippen LogP contribution in [0.5, 0.6) is 0 Å². The van der Waals surface area contributed by atoms with E-state index in [2.05, 4.69) is 18.8 Å². The second kappa shape index (κ2) is 12.6. The molecule has 0 fully saturated rings. The van der Waals surface area contributed by atoms with Crippen LogP contribution >= 0.6 is 0 Å². The summed E-state index contributed by atoms with van der Waals surface area (Å²) in [5, 5.41) is 3.25. The molecule has 0 bridgehead atoms. The van der Waals surface area contributed by atoms with E-state index in [1.54, 1.807) is 0 Å². The predicted octanol–water partition coefficient (Wildman–Crippen LogP) is 1.60. The molecule has 0 atom stereocenters. The highest BCUT2D eigenvalue weighted by Crippen LogP contribution is 1.82. The van der Waals surface area contributed by atoms with Crippen molar-refractivity contribution in [1.29, 1.82) is 0 Å². The minimum absolute atomic E-state index is 0.765. The maximum absolute atomic E-state index is 5.33. The summed E-state index contributed by atoms with van der Waals surface area (Å²) in [6, 6.07) is 0. The molecule has 0 aliphatic heterocycles. The van der Waals surface area contributed by atoms with Crippen molar-refractivity contribution in [3.63, 3.8) is 0 Å². The van der Waals surface area contributed by atoms with Crippen LogP contribution in [0.25, 0.3) is 0 Å². The van der Waals surface area contributed by atoms with E-state index in [4.69, 9.17) is 9.47 Å². The summed E-state index contributed by atoms with van der Waals surface area (Å²) in [6.07, 6.45) is 3.89. The Labute approximate surface area is 87.5 Å². The highest BCUT2D eigenvalue weighted by atomic mass is 16.5. The molecular formula is C11H23NO2. The van der Waals surface area contributed by atoms with Crippen LogP contribution in [0.3, 0.4) is 0 Å². The zero-order chi connectivity index (χ0) is 10.5. The first-order valence-corrected chi connectivity index (χ1v) is 5.39. The highest BCUT2D eigenvalue weighted by Gasteiger charge is 1.88. The first-order valence-electron chi connectivity index (χ1n) is 5.39. The first-order chi connectivity index (χ1) is 6.91. The van der Waals surface area contributed by atoms with E-state index < -0.39 is 0 Å². The van der Waals surface area contributed by atoms with Crippen molar-refractivity contribution in [1.82, 2.24) is 5.32 Å². The molecule has 84 valence electrons. The number of hydrogen-bond acceptors (Lipinski definition) is 3.